The van der Waals surface area contributed by atoms with Gasteiger partial charge in [-0.25, -0.2) is 0 Å². The number of benzene rings is 1. The molecule has 1 unspecified atom stereocenters. The smallest absolute Gasteiger partial charge is 0.381 e. The largest absolute Gasteiger partial charge is 0.455 e. The van der Waals surface area contributed by atoms with E-state index in [4.69, 9.17) is 26.0 Å². The van der Waals surface area contributed by atoms with Crippen LogP contribution in [0.25, 0.3) is 16.8 Å². The first kappa shape index (κ1) is 25.5. The highest BCUT2D eigenvalue weighted by Gasteiger charge is 2.38. The van der Waals surface area contributed by atoms with E-state index in [0.29, 0.717) is 29.5 Å². The standard InChI is InChI=1S/C26H27ClF3N5O2/c1-3-4-5-9-35-21-7-6-19(27)12-20(21)23-18(14-34(32-23)13-17-8-10-36-15-17)11-22(35)16(2)24-31-25(33-37-24)26(28,29)30/h5-7,9,12,14,17H,3-4,8,10-11,13,15H2,1-2H3/b9-5+,22-16+. The molecule has 2 aliphatic heterocycles. The van der Waals surface area contributed by atoms with Crippen molar-refractivity contribution < 1.29 is 22.4 Å². The van der Waals surface area contributed by atoms with Gasteiger partial charge in [-0.15, -0.1) is 0 Å². The lowest BCUT2D eigenvalue weighted by atomic mass is 10.0. The van der Waals surface area contributed by atoms with Crippen molar-refractivity contribution in [3.8, 4) is 11.3 Å². The summed E-state index contributed by atoms with van der Waals surface area (Å²) in [6.45, 7) is 5.95. The summed E-state index contributed by atoms with van der Waals surface area (Å²) < 4.78 is 52.1. The van der Waals surface area contributed by atoms with E-state index in [-0.39, 0.29) is 5.89 Å². The number of hydrogen-bond donors (Lipinski definition) is 0. The number of nitrogens with zero attached hydrogens (tertiary/aromatic N) is 5. The van der Waals surface area contributed by atoms with Crippen LogP contribution in [0.2, 0.25) is 5.02 Å². The minimum atomic E-state index is -4.70. The summed E-state index contributed by atoms with van der Waals surface area (Å²) in [6.07, 6.45) is 4.44. The van der Waals surface area contributed by atoms with Crippen LogP contribution in [0.5, 0.6) is 0 Å². The lowest BCUT2D eigenvalue weighted by Gasteiger charge is -2.25. The van der Waals surface area contributed by atoms with Crippen molar-refractivity contribution in [1.29, 1.82) is 0 Å². The lowest BCUT2D eigenvalue weighted by Crippen LogP contribution is -2.18. The fourth-order valence-electron chi connectivity index (χ4n) is 4.67. The predicted molar refractivity (Wildman–Crippen MR) is 134 cm³/mol. The first-order valence-corrected chi connectivity index (χ1v) is 12.6. The van der Waals surface area contributed by atoms with E-state index in [9.17, 15) is 13.2 Å². The van der Waals surface area contributed by atoms with Crippen molar-refractivity contribution in [3.05, 3.63) is 64.7 Å². The minimum absolute atomic E-state index is 0.175. The second-order valence-corrected chi connectivity index (χ2v) is 9.77. The van der Waals surface area contributed by atoms with Crippen molar-refractivity contribution in [2.45, 2.75) is 52.3 Å². The average molecular weight is 534 g/mol. The second kappa shape index (κ2) is 10.3. The molecule has 2 aromatic heterocycles. The predicted octanol–water partition coefficient (Wildman–Crippen LogP) is 6.75. The van der Waals surface area contributed by atoms with Gasteiger partial charge in [0.1, 0.15) is 0 Å². The van der Waals surface area contributed by atoms with Gasteiger partial charge in [-0.1, -0.05) is 36.2 Å². The molecule has 0 aliphatic carbocycles. The van der Waals surface area contributed by atoms with E-state index in [0.717, 1.165) is 60.6 Å². The number of fused-ring (bicyclic) bond motifs is 3. The van der Waals surface area contributed by atoms with Gasteiger partial charge in [-0.05, 0) is 38.0 Å². The van der Waals surface area contributed by atoms with Gasteiger partial charge in [-0.2, -0.15) is 23.3 Å². The van der Waals surface area contributed by atoms with Gasteiger partial charge in [0.25, 0.3) is 11.7 Å². The second-order valence-electron chi connectivity index (χ2n) is 9.33. The highest BCUT2D eigenvalue weighted by atomic mass is 35.5. The molecule has 0 saturated carbocycles. The Morgan fingerprint density at radius 1 is 1.30 bits per heavy atom. The molecule has 5 rings (SSSR count). The Hall–Kier alpha value is -3.11. The number of halogens is 4. The van der Waals surface area contributed by atoms with Gasteiger partial charge < -0.3 is 14.2 Å². The molecule has 1 atom stereocenters. The van der Waals surface area contributed by atoms with Gasteiger partial charge in [0.15, 0.2) is 0 Å². The Bertz CT molecular complexity index is 1340. The summed E-state index contributed by atoms with van der Waals surface area (Å²) in [7, 11) is 0. The zero-order valence-electron chi connectivity index (χ0n) is 20.6. The Labute approximate surface area is 217 Å². The van der Waals surface area contributed by atoms with Crippen molar-refractivity contribution >= 4 is 22.9 Å². The molecule has 0 amide bonds. The van der Waals surface area contributed by atoms with Gasteiger partial charge >= 0.3 is 6.18 Å². The summed E-state index contributed by atoms with van der Waals surface area (Å²) in [5.41, 5.74) is 4.54. The lowest BCUT2D eigenvalue weighted by molar-refractivity contribution is -0.146. The first-order chi connectivity index (χ1) is 17.7. The highest BCUT2D eigenvalue weighted by molar-refractivity contribution is 6.31. The number of alkyl halides is 3. The Balaban J connectivity index is 1.66. The monoisotopic (exact) mass is 533 g/mol. The van der Waals surface area contributed by atoms with Crippen molar-refractivity contribution in [2.75, 3.05) is 18.1 Å². The molecular formula is C26H27ClF3N5O2. The van der Waals surface area contributed by atoms with E-state index < -0.39 is 12.0 Å². The number of allylic oxidation sites excluding steroid dienone is 3. The van der Waals surface area contributed by atoms with Crippen LogP contribution in [0, 0.1) is 5.92 Å². The fourth-order valence-corrected chi connectivity index (χ4v) is 4.84. The molecule has 4 heterocycles. The molecule has 0 bridgehead atoms. The molecule has 1 aromatic carbocycles. The highest BCUT2D eigenvalue weighted by Crippen LogP contribution is 2.42. The van der Waals surface area contributed by atoms with Crippen molar-refractivity contribution in [2.24, 2.45) is 5.92 Å². The van der Waals surface area contributed by atoms with Gasteiger partial charge in [0.05, 0.1) is 18.0 Å². The normalized spacial score (nSPS) is 19.3. The molecule has 37 heavy (non-hydrogen) atoms. The molecule has 0 spiro atoms. The van der Waals surface area contributed by atoms with Crippen LogP contribution in [0.4, 0.5) is 18.9 Å². The number of unbranched alkanes of at least 4 members (excludes halogenated alkanes) is 1. The molecule has 1 fully saturated rings. The quantitative estimate of drug-likeness (QED) is 0.349. The van der Waals surface area contributed by atoms with Crippen LogP contribution < -0.4 is 4.90 Å². The van der Waals surface area contributed by atoms with Gasteiger partial charge in [0, 0.05) is 65.3 Å². The van der Waals surface area contributed by atoms with Crippen LogP contribution >= 0.6 is 11.6 Å². The van der Waals surface area contributed by atoms with Crippen LogP contribution in [0.1, 0.15) is 50.4 Å². The number of anilines is 1. The molecule has 196 valence electrons. The molecule has 1 saturated heterocycles. The summed E-state index contributed by atoms with van der Waals surface area (Å²) in [5.74, 6) is -1.10. The molecule has 3 aromatic rings. The van der Waals surface area contributed by atoms with Gasteiger partial charge in [0.2, 0.25) is 0 Å². The van der Waals surface area contributed by atoms with Gasteiger partial charge in [-0.3, -0.25) is 4.68 Å². The Kier molecular flexibility index (Phi) is 7.13. The number of ether oxygens (including phenoxy) is 1. The third kappa shape index (κ3) is 5.31. The molecule has 0 N–H and O–H groups in total. The van der Waals surface area contributed by atoms with E-state index >= 15 is 0 Å². The van der Waals surface area contributed by atoms with Crippen LogP contribution in [-0.2, 0) is 23.9 Å². The summed E-state index contributed by atoms with van der Waals surface area (Å²) >= 11 is 6.42. The maximum absolute atomic E-state index is 13.2. The van der Waals surface area contributed by atoms with Crippen molar-refractivity contribution in [1.82, 2.24) is 19.9 Å². The van der Waals surface area contributed by atoms with Crippen LogP contribution in [0.3, 0.4) is 0 Å². The Morgan fingerprint density at radius 2 is 2.14 bits per heavy atom. The summed E-state index contributed by atoms with van der Waals surface area (Å²) in [4.78, 5) is 5.61. The van der Waals surface area contributed by atoms with E-state index in [1.807, 2.05) is 40.2 Å². The molecule has 11 heteroatoms. The number of aromatic nitrogens is 4. The molecular weight excluding hydrogens is 507 g/mol. The zero-order valence-corrected chi connectivity index (χ0v) is 21.3. The van der Waals surface area contributed by atoms with Crippen LogP contribution in [0.15, 0.2) is 46.9 Å². The summed E-state index contributed by atoms with van der Waals surface area (Å²) in [6, 6.07) is 5.56. The summed E-state index contributed by atoms with van der Waals surface area (Å²) in [5, 5.41) is 8.65. The average Bonchev–Trinajstić information content (AvgIpc) is 3.61. The van der Waals surface area contributed by atoms with E-state index in [1.54, 1.807) is 13.0 Å². The van der Waals surface area contributed by atoms with Crippen LogP contribution in [-0.4, -0.2) is 33.1 Å². The Morgan fingerprint density at radius 3 is 2.84 bits per heavy atom. The maximum Gasteiger partial charge on any atom is 0.455 e. The fraction of sp³-hybridized carbons (Fsp3) is 0.423. The van der Waals surface area contributed by atoms with E-state index in [1.165, 1.54) is 0 Å². The molecule has 7 nitrogen and oxygen atoms in total. The third-order valence-corrected chi connectivity index (χ3v) is 6.81. The third-order valence-electron chi connectivity index (χ3n) is 6.57. The number of hydrogen-bond acceptors (Lipinski definition) is 6. The molecule has 2 aliphatic rings. The first-order valence-electron chi connectivity index (χ1n) is 12.3. The SMILES string of the molecule is CCC/C=C/N1/C(=C(\C)c2nc(C(F)(F)F)no2)Cc2cn(CC3CCOC3)nc2-c2cc(Cl)ccc21. The van der Waals surface area contributed by atoms with E-state index in [2.05, 4.69) is 17.1 Å². The zero-order chi connectivity index (χ0) is 26.2. The van der Waals surface area contributed by atoms with Crippen molar-refractivity contribution in [3.63, 3.8) is 0 Å². The minimum Gasteiger partial charge on any atom is -0.381 e. The maximum atomic E-state index is 13.2. The number of rotatable bonds is 6. The molecule has 0 radical (unpaired) electrons. The topological polar surface area (TPSA) is 69.2 Å².